The summed E-state index contributed by atoms with van der Waals surface area (Å²) in [7, 11) is 1.51. The predicted molar refractivity (Wildman–Crippen MR) is 116 cm³/mol. The molecule has 3 aromatic rings. The number of hydrazone groups is 1. The van der Waals surface area contributed by atoms with E-state index in [0.29, 0.717) is 47.0 Å². The lowest BCUT2D eigenvalue weighted by atomic mass is 9.93. The van der Waals surface area contributed by atoms with Crippen LogP contribution in [0.3, 0.4) is 0 Å². The highest BCUT2D eigenvalue weighted by atomic mass is 16.5. The van der Waals surface area contributed by atoms with Crippen molar-refractivity contribution in [1.82, 2.24) is 10.4 Å². The van der Waals surface area contributed by atoms with Gasteiger partial charge in [0.15, 0.2) is 5.76 Å². The fourth-order valence-corrected chi connectivity index (χ4v) is 3.62. The Morgan fingerprint density at radius 2 is 1.90 bits per heavy atom. The van der Waals surface area contributed by atoms with Crippen LogP contribution in [0.2, 0.25) is 0 Å². The zero-order valence-corrected chi connectivity index (χ0v) is 17.3. The van der Waals surface area contributed by atoms with E-state index in [2.05, 4.69) is 20.8 Å². The molecule has 31 heavy (non-hydrogen) atoms. The second kappa shape index (κ2) is 8.83. The molecular formula is C23H22N4O4. The molecule has 0 bridgehead atoms. The Labute approximate surface area is 179 Å². The zero-order valence-electron chi connectivity index (χ0n) is 17.3. The highest BCUT2D eigenvalue weighted by Crippen LogP contribution is 2.30. The largest absolute Gasteiger partial charge is 0.496 e. The third-order valence-electron chi connectivity index (χ3n) is 5.08. The van der Waals surface area contributed by atoms with Crippen LogP contribution >= 0.6 is 0 Å². The number of hydrogen-bond acceptors (Lipinski definition) is 6. The molecule has 8 heteroatoms. The number of carbonyl (C=O) groups excluding carboxylic acids is 2. The number of rotatable bonds is 5. The second-order valence-electron chi connectivity index (χ2n) is 7.08. The standard InChI is InChI=1S/C23H22N4O4/c1-14-20-16(26-27-22(28)15-8-3-4-10-17(15)30-2)9-7-11-18(20)31-21(14)23(29)25-19-12-5-6-13-24-19/h3-6,8,10,12-13H,7,9,11H2,1-2H3,(H,27,28)(H,24,25,29)/b26-16+. The number of anilines is 1. The maximum Gasteiger partial charge on any atom is 0.292 e. The molecule has 0 saturated carbocycles. The van der Waals surface area contributed by atoms with Crippen LogP contribution in [0.1, 0.15) is 50.6 Å². The number of aromatic nitrogens is 1. The summed E-state index contributed by atoms with van der Waals surface area (Å²) in [6, 6.07) is 12.2. The van der Waals surface area contributed by atoms with E-state index >= 15 is 0 Å². The predicted octanol–water partition coefficient (Wildman–Crippen LogP) is 3.71. The van der Waals surface area contributed by atoms with Gasteiger partial charge < -0.3 is 14.5 Å². The van der Waals surface area contributed by atoms with Crippen molar-refractivity contribution in [3.8, 4) is 5.75 Å². The highest BCUT2D eigenvalue weighted by Gasteiger charge is 2.28. The first-order valence-corrected chi connectivity index (χ1v) is 9.93. The van der Waals surface area contributed by atoms with E-state index in [0.717, 1.165) is 12.0 Å². The van der Waals surface area contributed by atoms with E-state index in [9.17, 15) is 9.59 Å². The summed E-state index contributed by atoms with van der Waals surface area (Å²) in [5, 5.41) is 7.09. The first-order chi connectivity index (χ1) is 15.1. The summed E-state index contributed by atoms with van der Waals surface area (Å²) < 4.78 is 11.1. The molecule has 4 rings (SSSR count). The molecule has 2 amide bonds. The number of pyridine rings is 1. The van der Waals surface area contributed by atoms with Crippen molar-refractivity contribution < 1.29 is 18.7 Å². The summed E-state index contributed by atoms with van der Waals surface area (Å²) in [6.07, 6.45) is 3.78. The van der Waals surface area contributed by atoms with Crippen molar-refractivity contribution in [3.05, 3.63) is 76.9 Å². The number of methoxy groups -OCH3 is 1. The van der Waals surface area contributed by atoms with Crippen molar-refractivity contribution in [2.24, 2.45) is 5.10 Å². The van der Waals surface area contributed by atoms with E-state index in [1.165, 1.54) is 7.11 Å². The van der Waals surface area contributed by atoms with Crippen molar-refractivity contribution >= 4 is 23.3 Å². The molecule has 2 heterocycles. The molecule has 0 fully saturated rings. The van der Waals surface area contributed by atoms with Gasteiger partial charge >= 0.3 is 0 Å². The minimum Gasteiger partial charge on any atom is -0.496 e. The molecule has 158 valence electrons. The average molecular weight is 418 g/mol. The van der Waals surface area contributed by atoms with Crippen LogP contribution in [0.25, 0.3) is 0 Å². The van der Waals surface area contributed by atoms with Crippen LogP contribution in [0, 0.1) is 6.92 Å². The van der Waals surface area contributed by atoms with Crippen molar-refractivity contribution in [2.45, 2.75) is 26.2 Å². The molecule has 8 nitrogen and oxygen atoms in total. The fourth-order valence-electron chi connectivity index (χ4n) is 3.62. The molecule has 0 radical (unpaired) electrons. The van der Waals surface area contributed by atoms with Crippen LogP contribution < -0.4 is 15.5 Å². The lowest BCUT2D eigenvalue weighted by molar-refractivity contribution is 0.0950. The quantitative estimate of drug-likeness (QED) is 0.615. The van der Waals surface area contributed by atoms with Gasteiger partial charge in [-0.05, 0) is 44.0 Å². The van der Waals surface area contributed by atoms with E-state index in [4.69, 9.17) is 9.15 Å². The Bertz CT molecular complexity index is 1150. The van der Waals surface area contributed by atoms with E-state index in [1.54, 1.807) is 48.7 Å². The van der Waals surface area contributed by atoms with Crippen LogP contribution in [0.15, 0.2) is 58.2 Å². The fraction of sp³-hybridized carbons (Fsp3) is 0.217. The SMILES string of the molecule is COc1ccccc1C(=O)N/N=C1\CCCc2oc(C(=O)Nc3ccccn3)c(C)c21. The number of ether oxygens (including phenoxy) is 1. The summed E-state index contributed by atoms with van der Waals surface area (Å²) >= 11 is 0. The maximum absolute atomic E-state index is 12.7. The number of furan rings is 1. The summed E-state index contributed by atoms with van der Waals surface area (Å²) in [6.45, 7) is 1.82. The Morgan fingerprint density at radius 3 is 2.68 bits per heavy atom. The van der Waals surface area contributed by atoms with Gasteiger partial charge in [0.05, 0.1) is 18.4 Å². The molecule has 0 unspecified atom stereocenters. The molecule has 0 atom stereocenters. The number of hydrogen-bond donors (Lipinski definition) is 2. The van der Waals surface area contributed by atoms with Gasteiger partial charge in [-0.25, -0.2) is 10.4 Å². The Balaban J connectivity index is 1.58. The van der Waals surface area contributed by atoms with Gasteiger partial charge in [-0.3, -0.25) is 9.59 Å². The smallest absolute Gasteiger partial charge is 0.292 e. The first kappa shape index (κ1) is 20.3. The molecular weight excluding hydrogens is 396 g/mol. The normalized spacial score (nSPS) is 14.1. The van der Waals surface area contributed by atoms with Gasteiger partial charge in [0, 0.05) is 23.7 Å². The average Bonchev–Trinajstić information content (AvgIpc) is 3.15. The van der Waals surface area contributed by atoms with E-state index in [1.807, 2.05) is 6.92 Å². The van der Waals surface area contributed by atoms with Gasteiger partial charge in [0.25, 0.3) is 11.8 Å². The number of benzene rings is 1. The van der Waals surface area contributed by atoms with Gasteiger partial charge in [-0.15, -0.1) is 0 Å². The maximum atomic E-state index is 12.7. The van der Waals surface area contributed by atoms with E-state index < -0.39 is 0 Å². The van der Waals surface area contributed by atoms with Crippen LogP contribution in [0.5, 0.6) is 5.75 Å². The second-order valence-corrected chi connectivity index (χ2v) is 7.08. The number of amides is 2. The first-order valence-electron chi connectivity index (χ1n) is 9.93. The third kappa shape index (κ3) is 4.18. The third-order valence-corrected chi connectivity index (χ3v) is 5.08. The van der Waals surface area contributed by atoms with Gasteiger partial charge in [-0.2, -0.15) is 5.10 Å². The Kier molecular flexibility index (Phi) is 5.79. The highest BCUT2D eigenvalue weighted by molar-refractivity contribution is 6.09. The lowest BCUT2D eigenvalue weighted by Crippen LogP contribution is -2.22. The number of carbonyl (C=O) groups is 2. The van der Waals surface area contributed by atoms with Gasteiger partial charge in [0.1, 0.15) is 17.3 Å². The summed E-state index contributed by atoms with van der Waals surface area (Å²) in [5.74, 6) is 1.09. The molecule has 0 saturated heterocycles. The van der Waals surface area contributed by atoms with Gasteiger partial charge in [-0.1, -0.05) is 18.2 Å². The molecule has 2 N–H and O–H groups in total. The lowest BCUT2D eigenvalue weighted by Gasteiger charge is -2.14. The van der Waals surface area contributed by atoms with Gasteiger partial charge in [0.2, 0.25) is 0 Å². The monoisotopic (exact) mass is 418 g/mol. The van der Waals surface area contributed by atoms with Crippen LogP contribution in [-0.4, -0.2) is 29.6 Å². The molecule has 1 aromatic carbocycles. The Morgan fingerprint density at radius 1 is 1.10 bits per heavy atom. The van der Waals surface area contributed by atoms with Crippen molar-refractivity contribution in [1.29, 1.82) is 0 Å². The molecule has 2 aromatic heterocycles. The Hall–Kier alpha value is -3.94. The molecule has 0 aliphatic heterocycles. The summed E-state index contributed by atoms with van der Waals surface area (Å²) in [4.78, 5) is 29.4. The number of nitrogens with zero attached hydrogens (tertiary/aromatic N) is 2. The summed E-state index contributed by atoms with van der Waals surface area (Å²) in [5.41, 5.74) is 5.15. The molecule has 1 aliphatic carbocycles. The minimum atomic E-state index is -0.372. The minimum absolute atomic E-state index is 0.223. The van der Waals surface area contributed by atoms with Crippen LogP contribution in [-0.2, 0) is 6.42 Å². The van der Waals surface area contributed by atoms with Crippen LogP contribution in [0.4, 0.5) is 5.82 Å². The molecule has 0 spiro atoms. The van der Waals surface area contributed by atoms with E-state index in [-0.39, 0.29) is 17.6 Å². The zero-order chi connectivity index (χ0) is 21.8. The number of para-hydroxylation sites is 1. The molecule has 1 aliphatic rings. The number of aryl methyl sites for hydroxylation is 1. The number of fused-ring (bicyclic) bond motifs is 1. The van der Waals surface area contributed by atoms with Crippen molar-refractivity contribution in [3.63, 3.8) is 0 Å². The topological polar surface area (TPSA) is 106 Å². The van der Waals surface area contributed by atoms with Crippen molar-refractivity contribution in [2.75, 3.05) is 12.4 Å². The number of nitrogens with one attached hydrogen (secondary N) is 2.